The first-order valence-electron chi connectivity index (χ1n) is 22.8. The number of hydrogen-bond donors (Lipinski definition) is 2. The summed E-state index contributed by atoms with van der Waals surface area (Å²) in [6.45, 7) is 7.81. The van der Waals surface area contributed by atoms with Crippen LogP contribution in [0.15, 0.2) is 102 Å². The first-order chi connectivity index (χ1) is 32.1. The van der Waals surface area contributed by atoms with Crippen molar-refractivity contribution in [3.05, 3.63) is 123 Å². The van der Waals surface area contributed by atoms with E-state index in [1.54, 1.807) is 58.3 Å². The molecule has 2 N–H and O–H groups in total. The second-order valence-corrected chi connectivity index (χ2v) is 22.2. The third-order valence-electron chi connectivity index (χ3n) is 12.8. The molecule has 0 bridgehead atoms. The lowest BCUT2D eigenvalue weighted by Crippen LogP contribution is -2.52. The average molecular weight is 1020 g/mol. The Labute approximate surface area is 412 Å². The second-order valence-electron chi connectivity index (χ2n) is 17.5. The van der Waals surface area contributed by atoms with Crippen LogP contribution in [0.4, 0.5) is 9.59 Å². The Morgan fingerprint density at radius 3 is 1.57 bits per heavy atom. The van der Waals surface area contributed by atoms with Gasteiger partial charge in [-0.3, -0.25) is 9.80 Å². The minimum Gasteiger partial charge on any atom is -0.490 e. The van der Waals surface area contributed by atoms with Crippen LogP contribution in [0, 0.1) is 6.92 Å². The number of ether oxygens (including phenoxy) is 2. The molecule has 0 radical (unpaired) electrons. The van der Waals surface area contributed by atoms with Crippen molar-refractivity contribution in [2.24, 2.45) is 0 Å². The molecule has 0 aliphatic carbocycles. The number of carbonyl (C=O) groups excluding carboxylic acids is 2. The van der Waals surface area contributed by atoms with Crippen molar-refractivity contribution < 1.29 is 38.8 Å². The summed E-state index contributed by atoms with van der Waals surface area (Å²) in [6, 6.07) is 27.8. The van der Waals surface area contributed by atoms with Gasteiger partial charge in [0.2, 0.25) is 10.0 Å². The van der Waals surface area contributed by atoms with Crippen LogP contribution in [0.1, 0.15) is 65.3 Å². The van der Waals surface area contributed by atoms with Crippen molar-refractivity contribution in [2.75, 3.05) is 52.4 Å². The molecule has 8 rings (SSSR count). The Hall–Kier alpha value is -4.29. The number of carbonyl (C=O) groups is 2. The topological polar surface area (TPSA) is 158 Å². The van der Waals surface area contributed by atoms with Crippen molar-refractivity contribution in [2.45, 2.75) is 93.2 Å². The zero-order valence-corrected chi connectivity index (χ0v) is 41.5. The minimum atomic E-state index is -3.87. The van der Waals surface area contributed by atoms with Crippen LogP contribution in [-0.4, -0.2) is 125 Å². The molecule has 0 saturated carbocycles. The summed E-state index contributed by atoms with van der Waals surface area (Å²) in [5, 5.41) is 1.70. The highest BCUT2D eigenvalue weighted by atomic mass is 35.5. The Kier molecular flexibility index (Phi) is 17.6. The molecule has 4 heterocycles. The van der Waals surface area contributed by atoms with Gasteiger partial charge in [-0.05, 0) is 112 Å². The van der Waals surface area contributed by atoms with Gasteiger partial charge in [0.15, 0.2) is 0 Å². The molecule has 67 heavy (non-hydrogen) atoms. The molecule has 4 aromatic rings. The molecule has 4 aliphatic rings. The van der Waals surface area contributed by atoms with Crippen LogP contribution >= 0.6 is 34.8 Å². The molecule has 366 valence electrons. The molecule has 0 unspecified atom stereocenters. The van der Waals surface area contributed by atoms with E-state index in [0.717, 1.165) is 94.6 Å². The highest BCUT2D eigenvalue weighted by Crippen LogP contribution is 2.30. The fourth-order valence-corrected chi connectivity index (χ4v) is 11.5. The summed E-state index contributed by atoms with van der Waals surface area (Å²) in [7, 11) is -7.60. The van der Waals surface area contributed by atoms with E-state index in [2.05, 4.69) is 19.2 Å². The Morgan fingerprint density at radius 2 is 1.06 bits per heavy atom. The van der Waals surface area contributed by atoms with Gasteiger partial charge >= 0.3 is 12.1 Å². The summed E-state index contributed by atoms with van der Waals surface area (Å²) in [4.78, 5) is 33.3. The Morgan fingerprint density at radius 1 is 0.582 bits per heavy atom. The maximum Gasteiger partial charge on any atom is 0.331 e. The van der Waals surface area contributed by atoms with Crippen molar-refractivity contribution in [1.29, 1.82) is 0 Å². The zero-order valence-electron chi connectivity index (χ0n) is 37.6. The van der Waals surface area contributed by atoms with E-state index in [-0.39, 0.29) is 25.7 Å². The van der Waals surface area contributed by atoms with Crippen LogP contribution in [0.3, 0.4) is 0 Å². The Bertz CT molecular complexity index is 2490. The van der Waals surface area contributed by atoms with Gasteiger partial charge in [0.05, 0.1) is 20.7 Å². The normalized spacial score (nSPS) is 18.7. The smallest absolute Gasteiger partial charge is 0.331 e. The molecule has 4 amide bonds. The quantitative estimate of drug-likeness (QED) is 0.149. The number of amides is 4. The molecule has 4 aliphatic heterocycles. The highest BCUT2D eigenvalue weighted by molar-refractivity contribution is 7.90. The van der Waals surface area contributed by atoms with Gasteiger partial charge in [-0.25, -0.2) is 35.9 Å². The SMILES string of the molecule is Cc1ccc(S(=O)(=O)NC(=O)N2CCC(N3CCC(Oc4ccc(Cl)cc4)CC3)CC2)cc1.O=C(NS(=O)(=O)Cc1ccccc1)N1CCC(N2CCC(Oc3ccc(Cl)c(Cl)c3)CC2)CC1.[HH].[HH]. The molecular weight excluding hydrogens is 959 g/mol. The maximum atomic E-state index is 12.6. The number of rotatable bonds is 11. The lowest BCUT2D eigenvalue weighted by atomic mass is 9.99. The number of nitrogens with one attached hydrogen (secondary N) is 2. The van der Waals surface area contributed by atoms with E-state index < -0.39 is 32.1 Å². The van der Waals surface area contributed by atoms with E-state index >= 15 is 0 Å². The minimum absolute atomic E-state index is 0. The summed E-state index contributed by atoms with van der Waals surface area (Å²) in [6.07, 6.45) is 7.39. The number of urea groups is 2. The van der Waals surface area contributed by atoms with Crippen LogP contribution in [0.5, 0.6) is 11.5 Å². The number of likely N-dealkylation sites (tertiary alicyclic amines) is 4. The predicted octanol–water partition coefficient (Wildman–Crippen LogP) is 9.09. The molecule has 14 nitrogen and oxygen atoms in total. The fourth-order valence-electron chi connectivity index (χ4n) is 9.02. The van der Waals surface area contributed by atoms with E-state index in [0.29, 0.717) is 58.9 Å². The van der Waals surface area contributed by atoms with Gasteiger partial charge < -0.3 is 19.3 Å². The summed E-state index contributed by atoms with van der Waals surface area (Å²) < 4.78 is 66.3. The van der Waals surface area contributed by atoms with Crippen molar-refractivity contribution in [3.63, 3.8) is 0 Å². The number of piperidine rings is 4. The first kappa shape index (κ1) is 50.6. The molecule has 19 heteroatoms. The third-order valence-corrected chi connectivity index (χ3v) is 16.3. The largest absolute Gasteiger partial charge is 0.490 e. The van der Waals surface area contributed by atoms with E-state index in [9.17, 15) is 26.4 Å². The fraction of sp³-hybridized carbons (Fsp3) is 0.458. The number of aryl methyl sites for hydroxylation is 1. The molecule has 4 aromatic carbocycles. The average Bonchev–Trinajstić information content (AvgIpc) is 3.32. The number of halogens is 3. The lowest BCUT2D eigenvalue weighted by molar-refractivity contribution is 0.0537. The first-order valence-corrected chi connectivity index (χ1v) is 27.1. The van der Waals surface area contributed by atoms with Crippen molar-refractivity contribution in [3.8, 4) is 11.5 Å². The molecule has 0 atom stereocenters. The number of sulfonamides is 2. The van der Waals surface area contributed by atoms with Crippen LogP contribution in [0.2, 0.25) is 15.1 Å². The second kappa shape index (κ2) is 23.3. The van der Waals surface area contributed by atoms with E-state index in [4.69, 9.17) is 44.3 Å². The van der Waals surface area contributed by atoms with Gasteiger partial charge in [0, 0.05) is 78.4 Å². The van der Waals surface area contributed by atoms with E-state index in [1.807, 2.05) is 43.3 Å². The van der Waals surface area contributed by atoms with Gasteiger partial charge in [0.25, 0.3) is 10.0 Å². The van der Waals surface area contributed by atoms with Crippen LogP contribution in [0.25, 0.3) is 0 Å². The predicted molar refractivity (Wildman–Crippen MR) is 266 cm³/mol. The van der Waals surface area contributed by atoms with E-state index in [1.165, 1.54) is 12.1 Å². The molecule has 0 aromatic heterocycles. The van der Waals surface area contributed by atoms with Crippen molar-refractivity contribution >= 4 is 66.9 Å². The van der Waals surface area contributed by atoms with Crippen molar-refractivity contribution in [1.82, 2.24) is 29.0 Å². The number of benzene rings is 4. The molecule has 4 saturated heterocycles. The molecule has 0 spiro atoms. The maximum absolute atomic E-state index is 12.6. The van der Waals surface area contributed by atoms with Gasteiger partial charge in [-0.2, -0.15) is 0 Å². The van der Waals surface area contributed by atoms with Crippen LogP contribution in [-0.2, 0) is 25.8 Å². The molecule has 4 fully saturated rings. The van der Waals surface area contributed by atoms with Crippen LogP contribution < -0.4 is 18.9 Å². The van der Waals surface area contributed by atoms with Gasteiger partial charge in [-0.15, -0.1) is 0 Å². The lowest BCUT2D eigenvalue weighted by Gasteiger charge is -2.41. The standard InChI is InChI=1S/C24H29Cl2N3O4S.C24H30ClN3O4S.2H2/c25-22-7-6-21(16-23(22)26)33-20-10-14-28(15-11-20)19-8-12-29(13-9-19)24(30)27-34(31,32)17-18-4-2-1-3-5-18;1-18-2-8-23(9-3-18)33(30,31)26-24(29)28-14-10-20(11-15-28)27-16-12-22(13-17-27)32-21-6-4-19(25)5-7-21;;/h1-7,16,19-20H,8-15,17H2,(H,27,30);2-9,20,22H,10-17H2,1H3,(H,26,29);2*1H. The molecular formula is C48H63Cl3N6O8S2. The zero-order chi connectivity index (χ0) is 47.6. The summed E-state index contributed by atoms with van der Waals surface area (Å²) in [5.41, 5.74) is 1.61. The van der Waals surface area contributed by atoms with Gasteiger partial charge in [-0.1, -0.05) is 82.8 Å². The van der Waals surface area contributed by atoms with Gasteiger partial charge in [0.1, 0.15) is 23.7 Å². The number of hydrogen-bond acceptors (Lipinski definition) is 10. The Balaban J connectivity index is 0.000000250. The summed E-state index contributed by atoms with van der Waals surface area (Å²) >= 11 is 18.0. The summed E-state index contributed by atoms with van der Waals surface area (Å²) in [5.74, 6) is 1.36. The number of nitrogens with zero attached hydrogens (tertiary/aromatic N) is 4. The monoisotopic (exact) mass is 1020 g/mol. The third kappa shape index (κ3) is 14.9. The highest BCUT2D eigenvalue weighted by Gasteiger charge is 2.33.